The number of amides is 3. The zero-order valence-corrected chi connectivity index (χ0v) is 16.2. The van der Waals surface area contributed by atoms with E-state index in [9.17, 15) is 18.4 Å². The second-order valence-corrected chi connectivity index (χ2v) is 7.27. The van der Waals surface area contributed by atoms with Crippen LogP contribution in [0.3, 0.4) is 0 Å². The molecule has 26 heavy (non-hydrogen) atoms. The fraction of sp³-hybridized carbons (Fsp3) is 0.357. The van der Waals surface area contributed by atoms with Crippen LogP contribution in [0, 0.1) is 0 Å². The lowest BCUT2D eigenvalue weighted by molar-refractivity contribution is -0.123. The normalized spacial score (nSPS) is 11.5. The highest BCUT2D eigenvalue weighted by atomic mass is 32.2. The number of thioether (sulfide) groups is 2. The molecule has 0 aliphatic heterocycles. The van der Waals surface area contributed by atoms with Crippen molar-refractivity contribution in [2.75, 3.05) is 17.3 Å². The van der Waals surface area contributed by atoms with Crippen molar-refractivity contribution in [1.29, 1.82) is 0 Å². The number of carbonyl (C=O) groups is 2. The van der Waals surface area contributed by atoms with Gasteiger partial charge < -0.3 is 16.4 Å². The molecule has 0 unspecified atom stereocenters. The molecule has 0 aliphatic rings. The molecule has 0 saturated carbocycles. The summed E-state index contributed by atoms with van der Waals surface area (Å²) in [6, 6.07) is 4.62. The summed E-state index contributed by atoms with van der Waals surface area (Å²) in [6.07, 6.45) is 2.28. The van der Waals surface area contributed by atoms with Crippen LogP contribution in [0.1, 0.15) is 6.42 Å². The van der Waals surface area contributed by atoms with E-state index in [0.717, 1.165) is 0 Å². The molecule has 0 aliphatic carbocycles. The van der Waals surface area contributed by atoms with Crippen molar-refractivity contribution in [3.63, 3.8) is 0 Å². The van der Waals surface area contributed by atoms with Gasteiger partial charge in [-0.15, -0.1) is 0 Å². The van der Waals surface area contributed by atoms with Crippen LogP contribution in [0.5, 0.6) is 0 Å². The number of alkyl halides is 2. The Bertz CT molecular complexity index is 619. The monoisotopic (exact) mass is 423 g/mol. The number of rotatable bonds is 8. The molecule has 7 nitrogen and oxygen atoms in total. The van der Waals surface area contributed by atoms with E-state index in [-0.39, 0.29) is 5.11 Å². The molecule has 1 atom stereocenters. The number of hydrogen-bond donors (Lipinski definition) is 5. The first-order valence-electron chi connectivity index (χ1n) is 7.28. The number of thiocarbonyl (C=S) groups is 1. The minimum atomic E-state index is -2.49. The topological polar surface area (TPSA) is 108 Å². The number of nitrogens with one attached hydrogen (secondary N) is 4. The van der Waals surface area contributed by atoms with Gasteiger partial charge in [-0.05, 0) is 54.9 Å². The molecule has 3 amide bonds. The number of hydrazine groups is 1. The summed E-state index contributed by atoms with van der Waals surface area (Å²) in [6.45, 7) is 0. The van der Waals surface area contributed by atoms with Gasteiger partial charge in [0.2, 0.25) is 0 Å². The molecule has 0 bridgehead atoms. The average molecular weight is 424 g/mol. The predicted molar refractivity (Wildman–Crippen MR) is 105 cm³/mol. The van der Waals surface area contributed by atoms with Crippen LogP contribution in [0.4, 0.5) is 19.3 Å². The second kappa shape index (κ2) is 11.8. The third kappa shape index (κ3) is 9.06. The fourth-order valence-electron chi connectivity index (χ4n) is 1.76. The lowest BCUT2D eigenvalue weighted by atomic mass is 10.2. The molecule has 6 N–H and O–H groups in total. The molecule has 1 rings (SSSR count). The third-order valence-corrected chi connectivity index (χ3v) is 4.45. The smallest absolute Gasteiger partial charge is 0.312 e. The van der Waals surface area contributed by atoms with Crippen LogP contribution in [-0.2, 0) is 4.79 Å². The summed E-state index contributed by atoms with van der Waals surface area (Å²) in [5, 5.41) is 5.24. The summed E-state index contributed by atoms with van der Waals surface area (Å²) in [5.41, 5.74) is 10.5. The SMILES string of the molecule is CSCC[C@@H](NC(N)=O)C(=O)NNC(=S)Nc1ccc(SC(F)F)cc1. The van der Waals surface area contributed by atoms with Crippen molar-refractivity contribution in [3.8, 4) is 0 Å². The zero-order valence-electron chi connectivity index (χ0n) is 13.8. The number of carbonyl (C=O) groups excluding carboxylic acids is 2. The third-order valence-electron chi connectivity index (χ3n) is 2.88. The standard InChI is InChI=1S/C14H19F2N5O2S3/c1-25-7-6-10(19-13(17)23)11(22)20-21-14(24)18-8-2-4-9(5-3-8)26-12(15)16/h2-5,10,12H,6-7H2,1H3,(H,20,22)(H3,17,19,23)(H2,18,21,24)/t10-/m1/s1. The Kier molecular flexibility index (Phi) is 10.1. The lowest BCUT2D eigenvalue weighted by Crippen LogP contribution is -2.54. The molecule has 1 aromatic rings. The van der Waals surface area contributed by atoms with Gasteiger partial charge in [-0.25, -0.2) is 4.79 Å². The van der Waals surface area contributed by atoms with Gasteiger partial charge in [-0.2, -0.15) is 20.5 Å². The van der Waals surface area contributed by atoms with Gasteiger partial charge >= 0.3 is 6.03 Å². The number of urea groups is 1. The van der Waals surface area contributed by atoms with E-state index in [1.54, 1.807) is 12.1 Å². The highest BCUT2D eigenvalue weighted by Gasteiger charge is 2.19. The summed E-state index contributed by atoms with van der Waals surface area (Å²) in [4.78, 5) is 23.5. The van der Waals surface area contributed by atoms with Gasteiger partial charge in [0, 0.05) is 10.6 Å². The predicted octanol–water partition coefficient (Wildman–Crippen LogP) is 2.11. The molecule has 0 saturated heterocycles. The van der Waals surface area contributed by atoms with Crippen LogP contribution in [0.2, 0.25) is 0 Å². The number of nitrogens with two attached hydrogens (primary N) is 1. The minimum Gasteiger partial charge on any atom is -0.352 e. The molecule has 0 heterocycles. The van der Waals surface area contributed by atoms with Crippen LogP contribution in [-0.4, -0.2) is 40.9 Å². The van der Waals surface area contributed by atoms with E-state index < -0.39 is 23.7 Å². The summed E-state index contributed by atoms with van der Waals surface area (Å²) in [7, 11) is 0. The average Bonchev–Trinajstić information content (AvgIpc) is 2.57. The first-order chi connectivity index (χ1) is 12.3. The molecule has 0 fully saturated rings. The summed E-state index contributed by atoms with van der Waals surface area (Å²) >= 11 is 7.01. The van der Waals surface area contributed by atoms with Gasteiger partial charge in [0.25, 0.3) is 11.7 Å². The molecule has 1 aromatic carbocycles. The second-order valence-electron chi connectivity index (χ2n) is 4.81. The van der Waals surface area contributed by atoms with E-state index in [2.05, 4.69) is 21.5 Å². The zero-order chi connectivity index (χ0) is 19.5. The van der Waals surface area contributed by atoms with Crippen molar-refractivity contribution >= 4 is 58.5 Å². The number of halogens is 2. The Morgan fingerprint density at radius 3 is 2.42 bits per heavy atom. The van der Waals surface area contributed by atoms with Crippen LogP contribution < -0.4 is 27.2 Å². The highest BCUT2D eigenvalue weighted by molar-refractivity contribution is 7.99. The van der Waals surface area contributed by atoms with E-state index in [0.29, 0.717) is 34.5 Å². The summed E-state index contributed by atoms with van der Waals surface area (Å²) < 4.78 is 24.5. The number of primary amides is 1. The Morgan fingerprint density at radius 2 is 1.88 bits per heavy atom. The van der Waals surface area contributed by atoms with Crippen LogP contribution in [0.25, 0.3) is 0 Å². The van der Waals surface area contributed by atoms with E-state index in [1.807, 2.05) is 6.26 Å². The number of hydrogen-bond acceptors (Lipinski definition) is 5. The van der Waals surface area contributed by atoms with Crippen molar-refractivity contribution in [3.05, 3.63) is 24.3 Å². The van der Waals surface area contributed by atoms with Gasteiger partial charge in [0.05, 0.1) is 0 Å². The number of anilines is 1. The van der Waals surface area contributed by atoms with E-state index in [1.165, 1.54) is 23.9 Å². The Labute approximate surface area is 163 Å². The molecule has 0 aromatic heterocycles. The Morgan fingerprint density at radius 1 is 1.23 bits per heavy atom. The van der Waals surface area contributed by atoms with Gasteiger partial charge in [-0.3, -0.25) is 15.6 Å². The quantitative estimate of drug-likeness (QED) is 0.248. The van der Waals surface area contributed by atoms with Crippen molar-refractivity contribution in [1.82, 2.24) is 16.2 Å². The van der Waals surface area contributed by atoms with Crippen LogP contribution >= 0.6 is 35.7 Å². The van der Waals surface area contributed by atoms with Crippen molar-refractivity contribution < 1.29 is 18.4 Å². The summed E-state index contributed by atoms with van der Waals surface area (Å²) in [5.74, 6) is -2.32. The first-order valence-corrected chi connectivity index (χ1v) is 9.96. The molecule has 12 heteroatoms. The largest absolute Gasteiger partial charge is 0.352 e. The minimum absolute atomic E-state index is 0.0929. The molecule has 0 radical (unpaired) electrons. The van der Waals surface area contributed by atoms with Crippen LogP contribution in [0.15, 0.2) is 29.2 Å². The maximum absolute atomic E-state index is 12.3. The fourth-order valence-corrected chi connectivity index (χ4v) is 2.90. The Hall–Kier alpha value is -1.79. The maximum Gasteiger partial charge on any atom is 0.312 e. The van der Waals surface area contributed by atoms with E-state index >= 15 is 0 Å². The highest BCUT2D eigenvalue weighted by Crippen LogP contribution is 2.26. The molecular weight excluding hydrogens is 404 g/mol. The van der Waals surface area contributed by atoms with Gasteiger partial charge in [-0.1, -0.05) is 11.8 Å². The first kappa shape index (κ1) is 22.3. The maximum atomic E-state index is 12.3. The van der Waals surface area contributed by atoms with Crippen molar-refractivity contribution in [2.45, 2.75) is 23.1 Å². The Balaban J connectivity index is 2.48. The lowest BCUT2D eigenvalue weighted by Gasteiger charge is -2.18. The van der Waals surface area contributed by atoms with Gasteiger partial charge in [0.15, 0.2) is 5.11 Å². The molecular formula is C14H19F2N5O2S3. The molecule has 144 valence electrons. The van der Waals surface area contributed by atoms with E-state index in [4.69, 9.17) is 18.0 Å². The van der Waals surface area contributed by atoms with Gasteiger partial charge in [0.1, 0.15) is 6.04 Å². The molecule has 0 spiro atoms. The number of benzene rings is 1. The van der Waals surface area contributed by atoms with Crippen molar-refractivity contribution in [2.24, 2.45) is 5.73 Å².